The van der Waals surface area contributed by atoms with Crippen LogP contribution in [0.1, 0.15) is 17.3 Å². The highest BCUT2D eigenvalue weighted by Crippen LogP contribution is 2.20. The topological polar surface area (TPSA) is 74.2 Å². The second-order valence-corrected chi connectivity index (χ2v) is 6.71. The monoisotopic (exact) mass is 374 g/mol. The highest BCUT2D eigenvalue weighted by Gasteiger charge is 2.19. The fourth-order valence-electron chi connectivity index (χ4n) is 3.25. The van der Waals surface area contributed by atoms with Crippen molar-refractivity contribution < 1.29 is 4.79 Å². The van der Waals surface area contributed by atoms with Crippen LogP contribution in [0.4, 0.5) is 23.1 Å². The van der Waals surface area contributed by atoms with Gasteiger partial charge in [0.15, 0.2) is 11.6 Å². The molecule has 1 saturated heterocycles. The molecule has 2 heterocycles. The van der Waals surface area contributed by atoms with Crippen LogP contribution in [-0.4, -0.2) is 47.1 Å². The lowest BCUT2D eigenvalue weighted by Gasteiger charge is -2.36. The molecule has 142 valence electrons. The van der Waals surface area contributed by atoms with Crippen molar-refractivity contribution in [1.29, 1.82) is 0 Å². The standard InChI is InChI=1S/C21H22N6O/c1-16(28)17-7-9-18(10-8-17)23-21-24-20(15-22-25-21)27-13-11-26(12-14-27)19-5-3-2-4-6-19/h2-10,15H,11-14H2,1H3,(H,23,24,25). The zero-order valence-electron chi connectivity index (χ0n) is 15.7. The van der Waals surface area contributed by atoms with Gasteiger partial charge in [-0.3, -0.25) is 4.79 Å². The second kappa shape index (κ2) is 8.04. The quantitative estimate of drug-likeness (QED) is 0.688. The molecule has 0 radical (unpaired) electrons. The molecule has 1 N–H and O–H groups in total. The van der Waals surface area contributed by atoms with E-state index >= 15 is 0 Å². The van der Waals surface area contributed by atoms with Gasteiger partial charge in [0, 0.05) is 43.1 Å². The Morgan fingerprint density at radius 1 is 0.929 bits per heavy atom. The SMILES string of the molecule is CC(=O)c1ccc(Nc2nncc(N3CCN(c4ccccc4)CC3)n2)cc1. The number of hydrogen-bond donors (Lipinski definition) is 1. The lowest BCUT2D eigenvalue weighted by Crippen LogP contribution is -2.46. The van der Waals surface area contributed by atoms with E-state index in [2.05, 4.69) is 54.6 Å². The summed E-state index contributed by atoms with van der Waals surface area (Å²) in [6.07, 6.45) is 1.70. The Bertz CT molecular complexity index is 937. The van der Waals surface area contributed by atoms with Crippen LogP contribution in [0.5, 0.6) is 0 Å². The van der Waals surface area contributed by atoms with Crippen molar-refractivity contribution in [3.63, 3.8) is 0 Å². The van der Waals surface area contributed by atoms with Crippen LogP contribution in [0.15, 0.2) is 60.8 Å². The number of piperazine rings is 1. The third kappa shape index (κ3) is 4.09. The average Bonchev–Trinajstić information content (AvgIpc) is 2.75. The van der Waals surface area contributed by atoms with Crippen molar-refractivity contribution in [2.24, 2.45) is 0 Å². The summed E-state index contributed by atoms with van der Waals surface area (Å²) < 4.78 is 0. The summed E-state index contributed by atoms with van der Waals surface area (Å²) >= 11 is 0. The number of nitrogens with one attached hydrogen (secondary N) is 1. The predicted octanol–water partition coefficient (Wildman–Crippen LogP) is 3.14. The maximum atomic E-state index is 11.4. The van der Waals surface area contributed by atoms with E-state index in [0.717, 1.165) is 37.7 Å². The van der Waals surface area contributed by atoms with Gasteiger partial charge in [-0.1, -0.05) is 18.2 Å². The van der Waals surface area contributed by atoms with E-state index in [0.29, 0.717) is 11.5 Å². The first-order valence-electron chi connectivity index (χ1n) is 9.32. The van der Waals surface area contributed by atoms with Gasteiger partial charge in [0.25, 0.3) is 0 Å². The summed E-state index contributed by atoms with van der Waals surface area (Å²) in [6, 6.07) is 17.7. The Balaban J connectivity index is 1.41. The van der Waals surface area contributed by atoms with Crippen molar-refractivity contribution in [3.8, 4) is 0 Å². The largest absolute Gasteiger partial charge is 0.368 e. The zero-order chi connectivity index (χ0) is 19.3. The number of Topliss-reactive ketones (excluding diaryl/α,β-unsaturated/α-hetero) is 1. The van der Waals surface area contributed by atoms with Crippen LogP contribution in [0.25, 0.3) is 0 Å². The predicted molar refractivity (Wildman–Crippen MR) is 110 cm³/mol. The maximum Gasteiger partial charge on any atom is 0.249 e. The molecule has 2 aromatic carbocycles. The van der Waals surface area contributed by atoms with Gasteiger partial charge in [0.2, 0.25) is 5.95 Å². The van der Waals surface area contributed by atoms with E-state index in [1.165, 1.54) is 5.69 Å². The summed E-state index contributed by atoms with van der Waals surface area (Å²) in [6.45, 7) is 5.17. The number of carbonyl (C=O) groups excluding carboxylic acids is 1. The van der Waals surface area contributed by atoms with Crippen LogP contribution in [0, 0.1) is 0 Å². The highest BCUT2D eigenvalue weighted by molar-refractivity contribution is 5.94. The molecular formula is C21H22N6O. The minimum Gasteiger partial charge on any atom is -0.368 e. The summed E-state index contributed by atoms with van der Waals surface area (Å²) in [7, 11) is 0. The van der Waals surface area contributed by atoms with Crippen LogP contribution < -0.4 is 15.1 Å². The minimum absolute atomic E-state index is 0.0427. The van der Waals surface area contributed by atoms with E-state index in [4.69, 9.17) is 0 Å². The average molecular weight is 374 g/mol. The van der Waals surface area contributed by atoms with E-state index < -0.39 is 0 Å². The van der Waals surface area contributed by atoms with Crippen molar-refractivity contribution in [2.45, 2.75) is 6.92 Å². The normalized spacial score (nSPS) is 14.0. The first-order chi connectivity index (χ1) is 13.7. The van der Waals surface area contributed by atoms with Crippen molar-refractivity contribution in [3.05, 3.63) is 66.4 Å². The Labute approximate surface area is 164 Å². The lowest BCUT2D eigenvalue weighted by molar-refractivity contribution is 0.101. The number of carbonyl (C=O) groups is 1. The van der Waals surface area contributed by atoms with Crippen LogP contribution in [0.2, 0.25) is 0 Å². The molecule has 1 aromatic heterocycles. The maximum absolute atomic E-state index is 11.4. The molecule has 4 rings (SSSR count). The Hall–Kier alpha value is -3.48. The van der Waals surface area contributed by atoms with Gasteiger partial charge in [-0.15, -0.1) is 5.10 Å². The Morgan fingerprint density at radius 2 is 1.61 bits per heavy atom. The molecule has 1 aliphatic heterocycles. The van der Waals surface area contributed by atoms with Crippen molar-refractivity contribution >= 4 is 28.9 Å². The molecule has 1 aliphatic rings. The van der Waals surface area contributed by atoms with Crippen molar-refractivity contribution in [2.75, 3.05) is 41.3 Å². The Kier molecular flexibility index (Phi) is 5.14. The fraction of sp³-hybridized carbons (Fsp3) is 0.238. The fourth-order valence-corrected chi connectivity index (χ4v) is 3.25. The smallest absolute Gasteiger partial charge is 0.249 e. The van der Waals surface area contributed by atoms with Gasteiger partial charge < -0.3 is 15.1 Å². The van der Waals surface area contributed by atoms with Gasteiger partial charge in [-0.2, -0.15) is 10.1 Å². The Morgan fingerprint density at radius 3 is 2.29 bits per heavy atom. The molecule has 7 heteroatoms. The summed E-state index contributed by atoms with van der Waals surface area (Å²) in [5.74, 6) is 1.30. The molecular weight excluding hydrogens is 352 g/mol. The summed E-state index contributed by atoms with van der Waals surface area (Å²) in [5.41, 5.74) is 2.74. The number of benzene rings is 2. The molecule has 0 saturated carbocycles. The van der Waals surface area contributed by atoms with Crippen LogP contribution in [-0.2, 0) is 0 Å². The lowest BCUT2D eigenvalue weighted by atomic mass is 10.1. The molecule has 0 aliphatic carbocycles. The number of rotatable bonds is 5. The van der Waals surface area contributed by atoms with Crippen LogP contribution >= 0.6 is 0 Å². The molecule has 3 aromatic rings. The van der Waals surface area contributed by atoms with Gasteiger partial charge in [-0.25, -0.2) is 0 Å². The van der Waals surface area contributed by atoms with E-state index in [1.54, 1.807) is 25.3 Å². The van der Waals surface area contributed by atoms with Gasteiger partial charge in [0.05, 0.1) is 6.20 Å². The van der Waals surface area contributed by atoms with E-state index in [9.17, 15) is 4.79 Å². The number of nitrogens with zero attached hydrogens (tertiary/aromatic N) is 5. The van der Waals surface area contributed by atoms with E-state index in [1.807, 2.05) is 18.2 Å². The second-order valence-electron chi connectivity index (χ2n) is 6.71. The summed E-state index contributed by atoms with van der Waals surface area (Å²) in [4.78, 5) is 20.6. The molecule has 28 heavy (non-hydrogen) atoms. The number of para-hydroxylation sites is 1. The molecule has 0 spiro atoms. The third-order valence-corrected chi connectivity index (χ3v) is 4.82. The number of anilines is 4. The van der Waals surface area contributed by atoms with E-state index in [-0.39, 0.29) is 5.78 Å². The first kappa shape index (κ1) is 17.9. The zero-order valence-corrected chi connectivity index (χ0v) is 15.7. The highest BCUT2D eigenvalue weighted by atomic mass is 16.1. The minimum atomic E-state index is 0.0427. The van der Waals surface area contributed by atoms with Gasteiger partial charge in [-0.05, 0) is 43.3 Å². The first-order valence-corrected chi connectivity index (χ1v) is 9.32. The molecule has 1 fully saturated rings. The summed E-state index contributed by atoms with van der Waals surface area (Å²) in [5, 5.41) is 11.3. The van der Waals surface area contributed by atoms with Crippen molar-refractivity contribution in [1.82, 2.24) is 15.2 Å². The van der Waals surface area contributed by atoms with Gasteiger partial charge >= 0.3 is 0 Å². The third-order valence-electron chi connectivity index (χ3n) is 4.82. The molecule has 7 nitrogen and oxygen atoms in total. The molecule has 0 unspecified atom stereocenters. The number of hydrogen-bond acceptors (Lipinski definition) is 7. The van der Waals surface area contributed by atoms with Gasteiger partial charge in [0.1, 0.15) is 0 Å². The number of ketones is 1. The molecule has 0 atom stereocenters. The molecule has 0 amide bonds. The number of aromatic nitrogens is 3. The molecule has 0 bridgehead atoms. The van der Waals surface area contributed by atoms with Crippen LogP contribution in [0.3, 0.4) is 0 Å².